The molecule has 2 heterocycles. The number of rotatable bonds is 0. The van der Waals surface area contributed by atoms with Crippen LogP contribution in [0.1, 0.15) is 45.4 Å². The molecule has 0 atom stereocenters. The van der Waals surface area contributed by atoms with E-state index in [4.69, 9.17) is 0 Å². The van der Waals surface area contributed by atoms with Crippen molar-refractivity contribution in [2.75, 3.05) is 0 Å². The molecule has 0 unspecified atom stereocenters. The summed E-state index contributed by atoms with van der Waals surface area (Å²) in [4.78, 5) is 8.70. The Morgan fingerprint density at radius 1 is 1.28 bits per heavy atom. The van der Waals surface area contributed by atoms with Crippen LogP contribution in [0.3, 0.4) is 0 Å². The maximum absolute atomic E-state index is 4.42. The van der Waals surface area contributed by atoms with Gasteiger partial charge in [0, 0.05) is 18.2 Å². The van der Waals surface area contributed by atoms with E-state index in [-0.39, 0.29) is 5.54 Å². The highest BCUT2D eigenvalue weighted by molar-refractivity contribution is 5.86. The van der Waals surface area contributed by atoms with Crippen LogP contribution in [0.15, 0.2) is 12.5 Å². The van der Waals surface area contributed by atoms with Crippen molar-refractivity contribution >= 4 is 11.0 Å². The molecule has 2 aromatic heterocycles. The van der Waals surface area contributed by atoms with Crippen LogP contribution in [0.25, 0.3) is 11.0 Å². The topological polar surface area (TPSA) is 30.7 Å². The number of aromatic nitrogens is 3. The van der Waals surface area contributed by atoms with E-state index in [1.807, 2.05) is 6.92 Å². The van der Waals surface area contributed by atoms with E-state index < -0.39 is 0 Å². The average molecular weight is 241 g/mol. The molecule has 0 radical (unpaired) electrons. The molecule has 0 aromatic carbocycles. The Morgan fingerprint density at radius 2 is 2.00 bits per heavy atom. The zero-order chi connectivity index (χ0) is 13.3. The van der Waals surface area contributed by atoms with Crippen LogP contribution in [0, 0.1) is 18.8 Å². The Bertz CT molecular complexity index is 633. The van der Waals surface area contributed by atoms with Gasteiger partial charge in [0.2, 0.25) is 0 Å². The molecule has 18 heavy (non-hydrogen) atoms. The van der Waals surface area contributed by atoms with Crippen LogP contribution < -0.4 is 0 Å². The van der Waals surface area contributed by atoms with Crippen LogP contribution in [-0.2, 0) is 5.54 Å². The molecule has 0 amide bonds. The van der Waals surface area contributed by atoms with Crippen molar-refractivity contribution in [3.63, 3.8) is 0 Å². The summed E-state index contributed by atoms with van der Waals surface area (Å²) in [7, 11) is 0. The highest BCUT2D eigenvalue weighted by Gasteiger charge is 2.19. The Kier molecular flexibility index (Phi) is 3.13. The molecule has 0 saturated heterocycles. The van der Waals surface area contributed by atoms with Gasteiger partial charge in [0.1, 0.15) is 12.0 Å². The fourth-order valence-electron chi connectivity index (χ4n) is 2.00. The summed E-state index contributed by atoms with van der Waals surface area (Å²) in [6.45, 7) is 10.6. The smallest absolute Gasteiger partial charge is 0.145 e. The zero-order valence-corrected chi connectivity index (χ0v) is 11.7. The molecule has 0 aliphatic heterocycles. The molecule has 2 aromatic rings. The van der Waals surface area contributed by atoms with E-state index in [9.17, 15) is 0 Å². The molecule has 2 rings (SSSR count). The molecule has 3 nitrogen and oxygen atoms in total. The number of aryl methyl sites for hydroxylation is 1. The second-order valence-corrected chi connectivity index (χ2v) is 5.40. The van der Waals surface area contributed by atoms with Crippen molar-refractivity contribution in [1.82, 2.24) is 14.5 Å². The second kappa shape index (κ2) is 4.45. The lowest BCUT2D eigenvalue weighted by Crippen LogP contribution is -2.21. The van der Waals surface area contributed by atoms with E-state index in [2.05, 4.69) is 60.3 Å². The maximum Gasteiger partial charge on any atom is 0.145 e. The summed E-state index contributed by atoms with van der Waals surface area (Å²) in [6.07, 6.45) is 4.57. The lowest BCUT2D eigenvalue weighted by Gasteiger charge is -2.21. The minimum Gasteiger partial charge on any atom is -0.326 e. The van der Waals surface area contributed by atoms with Crippen LogP contribution in [-0.4, -0.2) is 14.5 Å². The molecule has 0 N–H and O–H groups in total. The standard InChI is InChI=1S/C15H19N3/c1-6-7-8-12-9-18(15(3,4)5)14-13(12)11(2)16-10-17-14/h9-10H,6H2,1-5H3. The van der Waals surface area contributed by atoms with E-state index >= 15 is 0 Å². The average Bonchev–Trinajstić information content (AvgIpc) is 2.66. The van der Waals surface area contributed by atoms with Crippen molar-refractivity contribution < 1.29 is 0 Å². The van der Waals surface area contributed by atoms with Gasteiger partial charge >= 0.3 is 0 Å². The van der Waals surface area contributed by atoms with Crippen LogP contribution in [0.2, 0.25) is 0 Å². The van der Waals surface area contributed by atoms with Crippen molar-refractivity contribution in [3.05, 3.63) is 23.8 Å². The molecule has 0 bridgehead atoms. The monoisotopic (exact) mass is 241 g/mol. The van der Waals surface area contributed by atoms with Crippen molar-refractivity contribution in [2.24, 2.45) is 0 Å². The fourth-order valence-corrected chi connectivity index (χ4v) is 2.00. The summed E-state index contributed by atoms with van der Waals surface area (Å²) in [5.41, 5.74) is 2.98. The van der Waals surface area contributed by atoms with Gasteiger partial charge < -0.3 is 4.57 Å². The highest BCUT2D eigenvalue weighted by Crippen LogP contribution is 2.26. The van der Waals surface area contributed by atoms with Gasteiger partial charge in [-0.2, -0.15) is 0 Å². The van der Waals surface area contributed by atoms with Gasteiger partial charge in [-0.1, -0.05) is 18.8 Å². The largest absolute Gasteiger partial charge is 0.326 e. The van der Waals surface area contributed by atoms with E-state index in [1.165, 1.54) is 0 Å². The first-order valence-corrected chi connectivity index (χ1v) is 6.27. The highest BCUT2D eigenvalue weighted by atomic mass is 15.1. The summed E-state index contributed by atoms with van der Waals surface area (Å²) < 4.78 is 2.18. The van der Waals surface area contributed by atoms with Gasteiger partial charge in [0.15, 0.2) is 0 Å². The summed E-state index contributed by atoms with van der Waals surface area (Å²) in [6, 6.07) is 0. The zero-order valence-electron chi connectivity index (χ0n) is 11.7. The first-order valence-electron chi connectivity index (χ1n) is 6.27. The fraction of sp³-hybridized carbons (Fsp3) is 0.467. The number of hydrogen-bond donors (Lipinski definition) is 0. The van der Waals surface area contributed by atoms with Crippen molar-refractivity contribution in [2.45, 2.75) is 46.6 Å². The first kappa shape index (κ1) is 12.6. The van der Waals surface area contributed by atoms with Gasteiger partial charge in [0.25, 0.3) is 0 Å². The Labute approximate surface area is 108 Å². The van der Waals surface area contributed by atoms with Gasteiger partial charge in [-0.15, -0.1) is 0 Å². The number of hydrogen-bond acceptors (Lipinski definition) is 2. The molecule has 0 aliphatic rings. The van der Waals surface area contributed by atoms with Gasteiger partial charge in [0.05, 0.1) is 16.6 Å². The Balaban J connectivity index is 2.80. The predicted molar refractivity (Wildman–Crippen MR) is 74.4 cm³/mol. The normalized spacial score (nSPS) is 11.4. The molecule has 0 aliphatic carbocycles. The molecule has 3 heteroatoms. The molecular formula is C15H19N3. The second-order valence-electron chi connectivity index (χ2n) is 5.40. The van der Waals surface area contributed by atoms with Crippen LogP contribution in [0.4, 0.5) is 0 Å². The minimum absolute atomic E-state index is 0.00874. The summed E-state index contributed by atoms with van der Waals surface area (Å²) in [5, 5.41) is 1.08. The molecule has 0 saturated carbocycles. The first-order chi connectivity index (χ1) is 8.45. The summed E-state index contributed by atoms with van der Waals surface area (Å²) >= 11 is 0. The molecule has 94 valence electrons. The molecule has 0 spiro atoms. The Morgan fingerprint density at radius 3 is 2.61 bits per heavy atom. The Hall–Kier alpha value is -1.82. The number of nitrogens with zero attached hydrogens (tertiary/aromatic N) is 3. The number of fused-ring (bicyclic) bond motifs is 1. The molecule has 0 fully saturated rings. The van der Waals surface area contributed by atoms with E-state index in [0.29, 0.717) is 0 Å². The van der Waals surface area contributed by atoms with E-state index in [1.54, 1.807) is 6.33 Å². The maximum atomic E-state index is 4.42. The van der Waals surface area contributed by atoms with E-state index in [0.717, 1.165) is 28.7 Å². The van der Waals surface area contributed by atoms with Gasteiger partial charge in [-0.25, -0.2) is 9.97 Å². The third-order valence-electron chi connectivity index (χ3n) is 2.90. The van der Waals surface area contributed by atoms with Gasteiger partial charge in [-0.05, 0) is 27.7 Å². The lowest BCUT2D eigenvalue weighted by molar-refractivity contribution is 0.408. The van der Waals surface area contributed by atoms with Crippen LogP contribution >= 0.6 is 0 Å². The lowest BCUT2D eigenvalue weighted by atomic mass is 10.1. The van der Waals surface area contributed by atoms with Crippen molar-refractivity contribution in [1.29, 1.82) is 0 Å². The third kappa shape index (κ3) is 2.11. The quantitative estimate of drug-likeness (QED) is 0.663. The molecular weight excluding hydrogens is 222 g/mol. The van der Waals surface area contributed by atoms with Crippen molar-refractivity contribution in [3.8, 4) is 11.8 Å². The predicted octanol–water partition coefficient (Wildman–Crippen LogP) is 3.26. The minimum atomic E-state index is -0.00874. The summed E-state index contributed by atoms with van der Waals surface area (Å²) in [5.74, 6) is 6.35. The third-order valence-corrected chi connectivity index (χ3v) is 2.90. The van der Waals surface area contributed by atoms with Gasteiger partial charge in [-0.3, -0.25) is 0 Å². The van der Waals surface area contributed by atoms with Crippen LogP contribution in [0.5, 0.6) is 0 Å². The SMILES string of the molecule is CCC#Cc1cn(C(C)(C)C)c2ncnc(C)c12.